The van der Waals surface area contributed by atoms with E-state index in [0.717, 1.165) is 16.5 Å². The summed E-state index contributed by atoms with van der Waals surface area (Å²) in [6, 6.07) is 8.04. The van der Waals surface area contributed by atoms with Crippen LogP contribution >= 0.6 is 35.1 Å². The molecule has 0 nitrogen and oxygen atoms in total. The largest absolute Gasteiger partial charge is 0.139 e. The molecule has 0 aromatic heterocycles. The predicted molar refractivity (Wildman–Crippen MR) is 79.5 cm³/mol. The number of rotatable bonds is 7. The average Bonchev–Trinajstić information content (AvgIpc) is 2.31. The molecule has 0 atom stereocenters. The predicted octanol–water partition coefficient (Wildman–Crippen LogP) is 5.18. The van der Waals surface area contributed by atoms with E-state index in [1.54, 1.807) is 0 Å². The minimum absolute atomic E-state index is 0.424. The number of hydrogen-bond acceptors (Lipinski definition) is 2. The number of thioether (sulfide) groups is 2. The van der Waals surface area contributed by atoms with E-state index in [9.17, 15) is 0 Å². The summed E-state index contributed by atoms with van der Waals surface area (Å²) in [5, 5.41) is 0.782. The Morgan fingerprint density at radius 1 is 1.06 bits per heavy atom. The molecule has 0 spiro atoms. The van der Waals surface area contributed by atoms with E-state index in [1.807, 2.05) is 47.8 Å². The van der Waals surface area contributed by atoms with E-state index in [-0.39, 0.29) is 0 Å². The second-order valence-electron chi connectivity index (χ2n) is 3.13. The molecule has 1 aromatic carbocycles. The van der Waals surface area contributed by atoms with Crippen LogP contribution in [0, 0.1) is 0 Å². The fourth-order valence-electron chi connectivity index (χ4n) is 1.17. The molecule has 0 N–H and O–H groups in total. The van der Waals surface area contributed by atoms with Crippen LogP contribution in [-0.4, -0.2) is 11.5 Å². The molecular weight excluding hydrogens is 256 g/mol. The van der Waals surface area contributed by atoms with Crippen molar-refractivity contribution >= 4 is 35.1 Å². The summed E-state index contributed by atoms with van der Waals surface area (Å²) < 4.78 is 0.424. The lowest BCUT2D eigenvalue weighted by atomic mass is 10.2. The molecule has 0 saturated carbocycles. The number of halogens is 1. The Hall–Kier alpha value is -0.310. The maximum absolute atomic E-state index is 5.88. The van der Waals surface area contributed by atoms with Crippen LogP contribution in [-0.2, 0) is 0 Å². The highest BCUT2D eigenvalue weighted by Crippen LogP contribution is 2.39. The third kappa shape index (κ3) is 4.69. The number of hydrogen-bond donors (Lipinski definition) is 0. The molecule has 1 aromatic rings. The molecule has 0 amide bonds. The Morgan fingerprint density at radius 3 is 2.00 bits per heavy atom. The zero-order valence-corrected chi connectivity index (χ0v) is 11.5. The maximum Gasteiger partial charge on any atom is 0.0757 e. The highest BCUT2D eigenvalue weighted by Gasteiger charge is 2.10. The van der Waals surface area contributed by atoms with Crippen LogP contribution in [0.25, 0.3) is 0 Å². The van der Waals surface area contributed by atoms with Gasteiger partial charge in [-0.25, -0.2) is 0 Å². The van der Waals surface area contributed by atoms with E-state index in [4.69, 9.17) is 11.6 Å². The van der Waals surface area contributed by atoms with Crippen LogP contribution in [0.2, 0.25) is 5.02 Å². The first kappa shape index (κ1) is 13.8. The lowest BCUT2D eigenvalue weighted by Gasteiger charge is -2.15. The lowest BCUT2D eigenvalue weighted by Crippen LogP contribution is -1.91. The van der Waals surface area contributed by atoms with E-state index in [1.165, 1.54) is 5.56 Å². The first-order chi connectivity index (χ1) is 7.77. The number of benzene rings is 1. The average molecular weight is 271 g/mol. The fraction of sp³-hybridized carbons (Fsp3) is 0.231. The van der Waals surface area contributed by atoms with Gasteiger partial charge in [-0.05, 0) is 17.7 Å². The van der Waals surface area contributed by atoms with E-state index >= 15 is 0 Å². The van der Waals surface area contributed by atoms with Crippen molar-refractivity contribution in [3.63, 3.8) is 0 Å². The molecule has 86 valence electrons. The summed E-state index contributed by atoms with van der Waals surface area (Å²) >= 11 is 9.63. The Morgan fingerprint density at radius 2 is 1.56 bits per heavy atom. The smallest absolute Gasteiger partial charge is 0.0757 e. The van der Waals surface area contributed by atoms with Gasteiger partial charge in [-0.2, -0.15) is 0 Å². The topological polar surface area (TPSA) is 0 Å². The van der Waals surface area contributed by atoms with Gasteiger partial charge in [-0.3, -0.25) is 0 Å². The second-order valence-corrected chi connectivity index (χ2v) is 6.14. The van der Waals surface area contributed by atoms with E-state index < -0.39 is 0 Å². The van der Waals surface area contributed by atoms with Crippen molar-refractivity contribution in [2.24, 2.45) is 0 Å². The Kier molecular flexibility index (Phi) is 6.78. The van der Waals surface area contributed by atoms with Gasteiger partial charge in [0.15, 0.2) is 0 Å². The molecule has 0 unspecified atom stereocenters. The quantitative estimate of drug-likeness (QED) is 0.495. The molecular formula is C13H15ClS2. The highest BCUT2D eigenvalue weighted by atomic mass is 35.5. The molecule has 0 bridgehead atoms. The summed E-state index contributed by atoms with van der Waals surface area (Å²) in [7, 11) is 0. The first-order valence-corrected chi connectivity index (χ1v) is 7.46. The standard InChI is InChI=1S/C13H15ClS2/c1-3-9-15-13(16-10-4-2)11-5-7-12(14)8-6-11/h3-8,13H,1-2,9-10H2. The molecule has 0 aliphatic heterocycles. The van der Waals surface area contributed by atoms with E-state index in [2.05, 4.69) is 25.3 Å². The lowest BCUT2D eigenvalue weighted by molar-refractivity contribution is 1.37. The summed E-state index contributed by atoms with van der Waals surface area (Å²) in [4.78, 5) is 0. The van der Waals surface area contributed by atoms with Crippen LogP contribution in [0.3, 0.4) is 0 Å². The molecule has 0 radical (unpaired) electrons. The van der Waals surface area contributed by atoms with Gasteiger partial charge in [-0.1, -0.05) is 35.9 Å². The highest BCUT2D eigenvalue weighted by molar-refractivity contribution is 8.16. The molecule has 0 heterocycles. The van der Waals surface area contributed by atoms with Crippen LogP contribution < -0.4 is 0 Å². The van der Waals surface area contributed by atoms with Crippen LogP contribution in [0.4, 0.5) is 0 Å². The van der Waals surface area contributed by atoms with Gasteiger partial charge in [0.05, 0.1) is 4.58 Å². The SMILES string of the molecule is C=CCSC(SCC=C)c1ccc(Cl)cc1. The maximum atomic E-state index is 5.88. The van der Waals surface area contributed by atoms with Gasteiger partial charge < -0.3 is 0 Å². The van der Waals surface area contributed by atoms with Crippen molar-refractivity contribution in [2.45, 2.75) is 4.58 Å². The molecule has 1 rings (SSSR count). The second kappa shape index (κ2) is 7.88. The Bertz CT molecular complexity index is 320. The van der Waals surface area contributed by atoms with E-state index in [0.29, 0.717) is 4.58 Å². The third-order valence-corrected chi connectivity index (χ3v) is 4.95. The minimum atomic E-state index is 0.424. The monoisotopic (exact) mass is 270 g/mol. The Balaban J connectivity index is 2.69. The van der Waals surface area contributed by atoms with Gasteiger partial charge in [0.2, 0.25) is 0 Å². The van der Waals surface area contributed by atoms with Crippen molar-refractivity contribution in [1.82, 2.24) is 0 Å². The van der Waals surface area contributed by atoms with Crippen molar-refractivity contribution in [1.29, 1.82) is 0 Å². The van der Waals surface area contributed by atoms with Crippen molar-refractivity contribution in [2.75, 3.05) is 11.5 Å². The molecule has 0 aliphatic carbocycles. The summed E-state index contributed by atoms with van der Waals surface area (Å²) in [5.74, 6) is 1.91. The third-order valence-electron chi connectivity index (χ3n) is 1.87. The van der Waals surface area contributed by atoms with Crippen molar-refractivity contribution < 1.29 is 0 Å². The molecule has 0 aliphatic rings. The van der Waals surface area contributed by atoms with Gasteiger partial charge >= 0.3 is 0 Å². The van der Waals surface area contributed by atoms with Gasteiger partial charge in [0.1, 0.15) is 0 Å². The summed E-state index contributed by atoms with van der Waals surface area (Å²) in [5.41, 5.74) is 1.29. The summed E-state index contributed by atoms with van der Waals surface area (Å²) in [6.07, 6.45) is 3.87. The Labute approximate surface area is 111 Å². The fourth-order valence-corrected chi connectivity index (χ4v) is 3.47. The molecule has 0 fully saturated rings. The van der Waals surface area contributed by atoms with Crippen LogP contribution in [0.15, 0.2) is 49.6 Å². The van der Waals surface area contributed by atoms with Crippen LogP contribution in [0.5, 0.6) is 0 Å². The van der Waals surface area contributed by atoms with Crippen molar-refractivity contribution in [3.8, 4) is 0 Å². The van der Waals surface area contributed by atoms with Gasteiger partial charge in [0, 0.05) is 16.5 Å². The van der Waals surface area contributed by atoms with Crippen LogP contribution in [0.1, 0.15) is 10.1 Å². The molecule has 16 heavy (non-hydrogen) atoms. The van der Waals surface area contributed by atoms with Gasteiger partial charge in [0.25, 0.3) is 0 Å². The molecule has 3 heteroatoms. The van der Waals surface area contributed by atoms with Crippen molar-refractivity contribution in [3.05, 3.63) is 60.2 Å². The molecule has 0 saturated heterocycles. The normalized spacial score (nSPS) is 10.4. The zero-order valence-electron chi connectivity index (χ0n) is 9.06. The zero-order chi connectivity index (χ0) is 11.8. The minimum Gasteiger partial charge on any atom is -0.139 e. The first-order valence-electron chi connectivity index (χ1n) is 4.98. The van der Waals surface area contributed by atoms with Gasteiger partial charge in [-0.15, -0.1) is 36.7 Å². The summed E-state index contributed by atoms with van der Waals surface area (Å²) in [6.45, 7) is 7.50.